The first-order valence-corrected chi connectivity index (χ1v) is 10.7. The third-order valence-electron chi connectivity index (χ3n) is 6.51. The third kappa shape index (κ3) is 3.46. The van der Waals surface area contributed by atoms with Crippen molar-refractivity contribution >= 4 is 11.8 Å². The van der Waals surface area contributed by atoms with Crippen LogP contribution in [0, 0.1) is 5.82 Å². The van der Waals surface area contributed by atoms with Gasteiger partial charge in [0.15, 0.2) is 0 Å². The molecule has 3 aromatic carbocycles. The lowest BCUT2D eigenvalue weighted by atomic mass is 9.73. The fraction of sp³-hybridized carbons (Fsp3) is 0.231. The fourth-order valence-electron chi connectivity index (χ4n) is 4.99. The minimum absolute atomic E-state index is 0.0674. The Hall–Kier alpha value is -3.51. The zero-order valence-electron chi connectivity index (χ0n) is 17.4. The molecule has 0 spiro atoms. The van der Waals surface area contributed by atoms with Gasteiger partial charge in [0, 0.05) is 18.0 Å². The number of halogens is 1. The zero-order chi connectivity index (χ0) is 22.2. The Morgan fingerprint density at radius 3 is 2.38 bits per heavy atom. The summed E-state index contributed by atoms with van der Waals surface area (Å²) in [5, 5.41) is 9.97. The van der Waals surface area contributed by atoms with E-state index >= 15 is 0 Å². The van der Waals surface area contributed by atoms with Crippen LogP contribution in [0.5, 0.6) is 0 Å². The number of benzene rings is 3. The van der Waals surface area contributed by atoms with Crippen LogP contribution in [-0.2, 0) is 4.79 Å². The van der Waals surface area contributed by atoms with Crippen LogP contribution in [-0.4, -0.2) is 58.5 Å². The summed E-state index contributed by atoms with van der Waals surface area (Å²) in [5.74, 6) is -1.11. The number of hydrogen-bond acceptors (Lipinski definition) is 3. The second-order valence-corrected chi connectivity index (χ2v) is 8.33. The molecule has 2 fully saturated rings. The van der Waals surface area contributed by atoms with E-state index in [-0.39, 0.29) is 48.5 Å². The number of nitrogens with zero attached hydrogens (tertiary/aromatic N) is 2. The van der Waals surface area contributed by atoms with Gasteiger partial charge >= 0.3 is 0 Å². The molecule has 5 nitrogen and oxygen atoms in total. The number of carbonyl (C=O) groups is 2. The number of rotatable bonds is 4. The number of carbonyl (C=O) groups excluding carboxylic acids is 2. The molecule has 3 atom stereocenters. The Labute approximate surface area is 185 Å². The minimum Gasteiger partial charge on any atom is -0.394 e. The van der Waals surface area contributed by atoms with E-state index in [0.29, 0.717) is 6.54 Å². The van der Waals surface area contributed by atoms with E-state index in [1.165, 1.54) is 23.1 Å². The molecule has 2 aliphatic heterocycles. The van der Waals surface area contributed by atoms with Crippen molar-refractivity contribution in [3.05, 3.63) is 95.8 Å². The van der Waals surface area contributed by atoms with Crippen LogP contribution in [0.2, 0.25) is 0 Å². The Morgan fingerprint density at radius 2 is 1.69 bits per heavy atom. The Morgan fingerprint density at radius 1 is 0.969 bits per heavy atom. The second-order valence-electron chi connectivity index (χ2n) is 8.33. The van der Waals surface area contributed by atoms with Crippen LogP contribution >= 0.6 is 0 Å². The van der Waals surface area contributed by atoms with Crippen molar-refractivity contribution < 1.29 is 19.1 Å². The fourth-order valence-corrected chi connectivity index (χ4v) is 4.99. The van der Waals surface area contributed by atoms with Crippen LogP contribution in [0.4, 0.5) is 4.39 Å². The van der Waals surface area contributed by atoms with Crippen LogP contribution in [0.1, 0.15) is 21.8 Å². The first-order valence-electron chi connectivity index (χ1n) is 10.7. The Balaban J connectivity index is 1.39. The Bertz CT molecular complexity index is 1150. The normalized spacial score (nSPS) is 22.3. The zero-order valence-corrected chi connectivity index (χ0v) is 17.4. The van der Waals surface area contributed by atoms with Gasteiger partial charge < -0.3 is 14.9 Å². The summed E-state index contributed by atoms with van der Waals surface area (Å²) in [6.45, 7) is 0.149. The highest BCUT2D eigenvalue weighted by Crippen LogP contribution is 2.43. The number of hydrogen-bond donors (Lipinski definition) is 1. The molecule has 3 aromatic rings. The van der Waals surface area contributed by atoms with E-state index in [9.17, 15) is 19.1 Å². The molecule has 6 heteroatoms. The molecule has 5 rings (SSSR count). The van der Waals surface area contributed by atoms with Crippen molar-refractivity contribution in [2.24, 2.45) is 0 Å². The molecule has 1 N–H and O–H groups in total. The van der Waals surface area contributed by atoms with E-state index in [2.05, 4.69) is 0 Å². The van der Waals surface area contributed by atoms with E-state index in [4.69, 9.17) is 0 Å². The van der Waals surface area contributed by atoms with E-state index in [1.807, 2.05) is 54.6 Å². The topological polar surface area (TPSA) is 60.9 Å². The summed E-state index contributed by atoms with van der Waals surface area (Å²) >= 11 is 0. The molecule has 2 heterocycles. The lowest BCUT2D eigenvalue weighted by molar-refractivity contribution is -0.159. The lowest BCUT2D eigenvalue weighted by Crippen LogP contribution is -2.73. The van der Waals surface area contributed by atoms with Gasteiger partial charge in [-0.05, 0) is 34.9 Å². The average molecular weight is 430 g/mol. The third-order valence-corrected chi connectivity index (χ3v) is 6.51. The van der Waals surface area contributed by atoms with Crippen molar-refractivity contribution in [3.63, 3.8) is 0 Å². The highest BCUT2D eigenvalue weighted by Gasteiger charge is 2.54. The molecule has 0 aliphatic carbocycles. The number of fused-ring (bicyclic) bond motifs is 1. The molecule has 0 unspecified atom stereocenters. The lowest BCUT2D eigenvalue weighted by Gasteiger charge is -2.58. The highest BCUT2D eigenvalue weighted by molar-refractivity contribution is 5.97. The van der Waals surface area contributed by atoms with E-state index < -0.39 is 5.82 Å². The van der Waals surface area contributed by atoms with Crippen LogP contribution in [0.25, 0.3) is 11.1 Å². The summed E-state index contributed by atoms with van der Waals surface area (Å²) < 4.78 is 13.6. The van der Waals surface area contributed by atoms with Crippen molar-refractivity contribution in [1.29, 1.82) is 0 Å². The first kappa shape index (κ1) is 20.4. The number of piperazine rings is 1. The maximum atomic E-state index is 13.6. The highest BCUT2D eigenvalue weighted by atomic mass is 19.1. The molecule has 0 bridgehead atoms. The van der Waals surface area contributed by atoms with Crippen molar-refractivity contribution in [1.82, 2.24) is 9.80 Å². The summed E-state index contributed by atoms with van der Waals surface area (Å²) in [6, 6.07) is 23.2. The number of aliphatic hydroxyl groups is 1. The van der Waals surface area contributed by atoms with Crippen molar-refractivity contribution in [3.8, 4) is 11.1 Å². The molecule has 0 saturated carbocycles. The van der Waals surface area contributed by atoms with Gasteiger partial charge in [-0.3, -0.25) is 9.59 Å². The van der Waals surface area contributed by atoms with Gasteiger partial charge in [-0.15, -0.1) is 0 Å². The summed E-state index contributed by atoms with van der Waals surface area (Å²) in [6.07, 6.45) is 0. The van der Waals surface area contributed by atoms with Crippen LogP contribution < -0.4 is 0 Å². The van der Waals surface area contributed by atoms with Crippen molar-refractivity contribution in [2.75, 3.05) is 19.7 Å². The molecule has 2 amide bonds. The quantitative estimate of drug-likeness (QED) is 0.691. The maximum Gasteiger partial charge on any atom is 0.254 e. The molecule has 32 heavy (non-hydrogen) atoms. The molecular weight excluding hydrogens is 407 g/mol. The first-order chi connectivity index (χ1) is 15.6. The van der Waals surface area contributed by atoms with Gasteiger partial charge in [-0.2, -0.15) is 0 Å². The van der Waals surface area contributed by atoms with Crippen LogP contribution in [0.3, 0.4) is 0 Å². The van der Waals surface area contributed by atoms with Gasteiger partial charge in [0.25, 0.3) is 5.91 Å². The standard InChI is InChI=1S/C26H23FN2O3/c27-21-8-4-7-20(13-21)26(32)28-14-22-25(23(16-30)29(22)24(31)15-28)19-11-9-18(10-12-19)17-5-2-1-3-6-17/h1-13,22-23,25,30H,14-16H2/t22-,23+,25-/m0/s1. The SMILES string of the molecule is O=C(c1cccc(F)c1)N1CC(=O)N2[C@H](CO)[C@@H](c3ccc(-c4ccccc4)cc3)[C@@H]2C1. The van der Waals surface area contributed by atoms with Crippen molar-refractivity contribution in [2.45, 2.75) is 18.0 Å². The minimum atomic E-state index is -0.485. The summed E-state index contributed by atoms with van der Waals surface area (Å²) in [7, 11) is 0. The van der Waals surface area contributed by atoms with Gasteiger partial charge in [0.1, 0.15) is 12.4 Å². The molecular formula is C26H23FN2O3. The second kappa shape index (κ2) is 8.20. The maximum absolute atomic E-state index is 13.6. The molecule has 0 radical (unpaired) electrons. The molecule has 0 aromatic heterocycles. The van der Waals surface area contributed by atoms with E-state index in [1.54, 1.807) is 11.0 Å². The molecule has 2 saturated heterocycles. The van der Waals surface area contributed by atoms with Gasteiger partial charge in [0.05, 0.1) is 18.7 Å². The Kier molecular flexibility index (Phi) is 5.23. The summed E-state index contributed by atoms with van der Waals surface area (Å²) in [5.41, 5.74) is 3.47. The molecule has 162 valence electrons. The van der Waals surface area contributed by atoms with E-state index in [0.717, 1.165) is 16.7 Å². The van der Waals surface area contributed by atoms with Gasteiger partial charge in [0.2, 0.25) is 5.91 Å². The monoisotopic (exact) mass is 430 g/mol. The number of aliphatic hydroxyl groups excluding tert-OH is 1. The predicted octanol–water partition coefficient (Wildman–Crippen LogP) is 3.30. The van der Waals surface area contributed by atoms with Gasteiger partial charge in [-0.1, -0.05) is 60.7 Å². The average Bonchev–Trinajstić information content (AvgIpc) is 2.81. The largest absolute Gasteiger partial charge is 0.394 e. The summed E-state index contributed by atoms with van der Waals surface area (Å²) in [4.78, 5) is 28.9. The molecule has 2 aliphatic rings. The van der Waals surface area contributed by atoms with Crippen LogP contribution in [0.15, 0.2) is 78.9 Å². The predicted molar refractivity (Wildman–Crippen MR) is 118 cm³/mol. The number of amides is 2. The smallest absolute Gasteiger partial charge is 0.254 e. The van der Waals surface area contributed by atoms with Gasteiger partial charge in [-0.25, -0.2) is 4.39 Å².